The zero-order valence-corrected chi connectivity index (χ0v) is 15.6. The van der Waals surface area contributed by atoms with Crippen LogP contribution in [0.3, 0.4) is 0 Å². The van der Waals surface area contributed by atoms with Gasteiger partial charge in [-0.15, -0.1) is 0 Å². The van der Waals surface area contributed by atoms with Crippen molar-refractivity contribution in [3.63, 3.8) is 0 Å². The van der Waals surface area contributed by atoms with Crippen molar-refractivity contribution in [2.45, 2.75) is 37.8 Å². The summed E-state index contributed by atoms with van der Waals surface area (Å²) in [6.07, 6.45) is 2.83. The van der Waals surface area contributed by atoms with Crippen molar-refractivity contribution < 1.29 is 14.6 Å². The maximum atomic E-state index is 11.9. The molecule has 1 aromatic rings. The van der Waals surface area contributed by atoms with Crippen LogP contribution in [0.25, 0.3) is 0 Å². The van der Waals surface area contributed by atoms with Crippen LogP contribution in [-0.2, 0) is 4.79 Å². The molecule has 0 bridgehead atoms. The molecule has 0 aromatic heterocycles. The highest BCUT2D eigenvalue weighted by molar-refractivity contribution is 6.35. The molecule has 1 aromatic carbocycles. The predicted molar refractivity (Wildman–Crippen MR) is 98.3 cm³/mol. The standard InChI is InChI=1S/C18H24Cl2N2O3/c19-13-1-4-16(15(20)11-13)25-10-9-22-7-5-12(6-8-22)17(23)18(24)21-14-2-3-14/h1,4,11-12,14,17,23H,2-3,5-10H2,(H,21,24)/t17-/m0/s1. The Morgan fingerprint density at radius 3 is 2.64 bits per heavy atom. The number of amides is 1. The second-order valence-corrected chi connectivity index (χ2v) is 7.67. The van der Waals surface area contributed by atoms with Crippen LogP contribution < -0.4 is 10.1 Å². The molecule has 2 fully saturated rings. The van der Waals surface area contributed by atoms with Crippen molar-refractivity contribution in [3.8, 4) is 5.75 Å². The first kappa shape index (κ1) is 18.8. The van der Waals surface area contributed by atoms with Gasteiger partial charge in [0, 0.05) is 17.6 Å². The number of halogens is 2. The van der Waals surface area contributed by atoms with Gasteiger partial charge in [-0.25, -0.2) is 0 Å². The molecule has 1 aliphatic heterocycles. The van der Waals surface area contributed by atoms with E-state index in [4.69, 9.17) is 27.9 Å². The van der Waals surface area contributed by atoms with Crippen molar-refractivity contribution in [3.05, 3.63) is 28.2 Å². The van der Waals surface area contributed by atoms with Crippen LogP contribution in [0.15, 0.2) is 18.2 Å². The number of likely N-dealkylation sites (tertiary alicyclic amines) is 1. The van der Waals surface area contributed by atoms with Gasteiger partial charge in [0.15, 0.2) is 0 Å². The second kappa shape index (κ2) is 8.58. The summed E-state index contributed by atoms with van der Waals surface area (Å²) in [5.74, 6) is 0.469. The Bertz CT molecular complexity index is 602. The van der Waals surface area contributed by atoms with Crippen LogP contribution in [0.4, 0.5) is 0 Å². The average molecular weight is 387 g/mol. The van der Waals surface area contributed by atoms with Gasteiger partial charge in [-0.2, -0.15) is 0 Å². The molecule has 1 amide bonds. The summed E-state index contributed by atoms with van der Waals surface area (Å²) in [6.45, 7) is 3.04. The number of nitrogens with one attached hydrogen (secondary N) is 1. The SMILES string of the molecule is O=C(NC1CC1)[C@@H](O)C1CCN(CCOc2ccc(Cl)cc2Cl)CC1. The molecular formula is C18H24Cl2N2O3. The van der Waals surface area contributed by atoms with Gasteiger partial charge >= 0.3 is 0 Å². The summed E-state index contributed by atoms with van der Waals surface area (Å²) >= 11 is 12.0. The van der Waals surface area contributed by atoms with Crippen LogP contribution in [0.5, 0.6) is 5.75 Å². The highest BCUT2D eigenvalue weighted by Gasteiger charge is 2.32. The summed E-state index contributed by atoms with van der Waals surface area (Å²) in [7, 11) is 0. The number of rotatable bonds is 7. The first-order chi connectivity index (χ1) is 12.0. The molecule has 0 spiro atoms. The number of carbonyl (C=O) groups is 1. The van der Waals surface area contributed by atoms with E-state index in [-0.39, 0.29) is 11.8 Å². The highest BCUT2D eigenvalue weighted by Crippen LogP contribution is 2.28. The van der Waals surface area contributed by atoms with Crippen LogP contribution >= 0.6 is 23.2 Å². The Labute approximate surface area is 158 Å². The van der Waals surface area contributed by atoms with Crippen LogP contribution in [-0.4, -0.2) is 54.3 Å². The van der Waals surface area contributed by atoms with E-state index < -0.39 is 6.10 Å². The van der Waals surface area contributed by atoms with Crippen LogP contribution in [0.1, 0.15) is 25.7 Å². The minimum Gasteiger partial charge on any atom is -0.491 e. The number of benzene rings is 1. The molecule has 3 rings (SSSR count). The fourth-order valence-corrected chi connectivity index (χ4v) is 3.56. The van der Waals surface area contributed by atoms with E-state index in [9.17, 15) is 9.90 Å². The first-order valence-corrected chi connectivity index (χ1v) is 9.57. The maximum absolute atomic E-state index is 11.9. The molecule has 138 valence electrons. The fourth-order valence-electron chi connectivity index (χ4n) is 3.10. The Morgan fingerprint density at radius 1 is 1.28 bits per heavy atom. The number of aliphatic hydroxyl groups excluding tert-OH is 1. The lowest BCUT2D eigenvalue weighted by atomic mass is 9.90. The minimum atomic E-state index is -0.883. The van der Waals surface area contributed by atoms with Gasteiger partial charge < -0.3 is 15.2 Å². The molecule has 0 radical (unpaired) electrons. The number of nitrogens with zero attached hydrogens (tertiary/aromatic N) is 1. The van der Waals surface area contributed by atoms with E-state index in [1.54, 1.807) is 18.2 Å². The molecule has 2 aliphatic rings. The van der Waals surface area contributed by atoms with E-state index in [0.29, 0.717) is 28.4 Å². The Morgan fingerprint density at radius 2 is 2.00 bits per heavy atom. The summed E-state index contributed by atoms with van der Waals surface area (Å²) in [5, 5.41) is 14.2. The molecule has 7 heteroatoms. The third-order valence-electron chi connectivity index (χ3n) is 4.83. The summed E-state index contributed by atoms with van der Waals surface area (Å²) in [5.41, 5.74) is 0. The fraction of sp³-hybridized carbons (Fsp3) is 0.611. The van der Waals surface area contributed by atoms with Crippen molar-refractivity contribution in [2.24, 2.45) is 5.92 Å². The number of piperidine rings is 1. The lowest BCUT2D eigenvalue weighted by molar-refractivity contribution is -0.133. The van der Waals surface area contributed by atoms with Gasteiger partial charge in [0.05, 0.1) is 5.02 Å². The molecule has 25 heavy (non-hydrogen) atoms. The lowest BCUT2D eigenvalue weighted by Crippen LogP contribution is -2.45. The van der Waals surface area contributed by atoms with Gasteiger partial charge in [-0.1, -0.05) is 23.2 Å². The Kier molecular flexibility index (Phi) is 6.44. The number of hydrogen-bond donors (Lipinski definition) is 2. The number of aliphatic hydroxyl groups is 1. The molecule has 1 heterocycles. The minimum absolute atomic E-state index is 0.0432. The van der Waals surface area contributed by atoms with E-state index in [1.165, 1.54) is 0 Å². The number of hydrogen-bond acceptors (Lipinski definition) is 4. The summed E-state index contributed by atoms with van der Waals surface area (Å²) < 4.78 is 5.71. The van der Waals surface area contributed by atoms with Gasteiger partial charge in [-0.05, 0) is 62.9 Å². The van der Waals surface area contributed by atoms with E-state index in [0.717, 1.165) is 45.3 Å². The number of carbonyl (C=O) groups excluding carboxylic acids is 1. The third-order valence-corrected chi connectivity index (χ3v) is 5.36. The van der Waals surface area contributed by atoms with Crippen LogP contribution in [0, 0.1) is 5.92 Å². The average Bonchev–Trinajstić information content (AvgIpc) is 3.41. The zero-order valence-electron chi connectivity index (χ0n) is 14.1. The summed E-state index contributed by atoms with van der Waals surface area (Å²) in [6, 6.07) is 5.48. The number of ether oxygens (including phenoxy) is 1. The van der Waals surface area contributed by atoms with E-state index in [1.807, 2.05) is 0 Å². The van der Waals surface area contributed by atoms with Crippen molar-refractivity contribution in [2.75, 3.05) is 26.2 Å². The largest absolute Gasteiger partial charge is 0.491 e. The quantitative estimate of drug-likeness (QED) is 0.755. The molecular weight excluding hydrogens is 363 g/mol. The Hall–Kier alpha value is -1.01. The highest BCUT2D eigenvalue weighted by atomic mass is 35.5. The molecule has 5 nitrogen and oxygen atoms in total. The molecule has 2 N–H and O–H groups in total. The first-order valence-electron chi connectivity index (χ1n) is 8.81. The third kappa shape index (κ3) is 5.48. The molecule has 1 saturated carbocycles. The smallest absolute Gasteiger partial charge is 0.249 e. The predicted octanol–water partition coefficient (Wildman–Crippen LogP) is 2.72. The monoisotopic (exact) mass is 386 g/mol. The van der Waals surface area contributed by atoms with Gasteiger partial charge in [0.25, 0.3) is 0 Å². The van der Waals surface area contributed by atoms with Gasteiger partial charge in [-0.3, -0.25) is 9.69 Å². The molecule has 1 atom stereocenters. The lowest BCUT2D eigenvalue weighted by Gasteiger charge is -2.33. The van der Waals surface area contributed by atoms with Crippen LogP contribution in [0.2, 0.25) is 10.0 Å². The topological polar surface area (TPSA) is 61.8 Å². The van der Waals surface area contributed by atoms with Crippen molar-refractivity contribution in [1.82, 2.24) is 10.2 Å². The molecule has 0 unspecified atom stereocenters. The van der Waals surface area contributed by atoms with E-state index >= 15 is 0 Å². The zero-order chi connectivity index (χ0) is 17.8. The normalized spacial score (nSPS) is 20.3. The second-order valence-electron chi connectivity index (χ2n) is 6.83. The van der Waals surface area contributed by atoms with Gasteiger partial charge in [0.2, 0.25) is 5.91 Å². The van der Waals surface area contributed by atoms with Crippen molar-refractivity contribution >= 4 is 29.1 Å². The molecule has 1 aliphatic carbocycles. The Balaban J connectivity index is 1.36. The van der Waals surface area contributed by atoms with E-state index in [2.05, 4.69) is 10.2 Å². The molecule has 1 saturated heterocycles. The van der Waals surface area contributed by atoms with Crippen molar-refractivity contribution in [1.29, 1.82) is 0 Å². The van der Waals surface area contributed by atoms with Gasteiger partial charge in [0.1, 0.15) is 18.5 Å². The summed E-state index contributed by atoms with van der Waals surface area (Å²) in [4.78, 5) is 14.2. The maximum Gasteiger partial charge on any atom is 0.249 e.